The number of carbonyl (C=O) groups is 2. The minimum atomic E-state index is -0.387. The molecule has 1 saturated heterocycles. The molecular formula is C16H20N6O2. The van der Waals surface area contributed by atoms with Crippen LogP contribution in [0, 0.1) is 5.92 Å². The van der Waals surface area contributed by atoms with Crippen molar-refractivity contribution in [3.63, 3.8) is 0 Å². The first-order valence-electron chi connectivity index (χ1n) is 8.04. The largest absolute Gasteiger partial charge is 0.337 e. The summed E-state index contributed by atoms with van der Waals surface area (Å²) < 4.78 is 0. The molecule has 3 rings (SSSR count). The molecule has 0 spiro atoms. The second-order valence-corrected chi connectivity index (χ2v) is 5.88. The van der Waals surface area contributed by atoms with Gasteiger partial charge in [-0.25, -0.2) is 0 Å². The molecule has 126 valence electrons. The molecule has 1 aliphatic rings. The van der Waals surface area contributed by atoms with Crippen LogP contribution in [-0.2, 0) is 22.6 Å². The SMILES string of the molecule is CCCc1nc(NC(=O)C2CC(=O)N(Cc3cccnc3)C2)n[nH]1. The lowest BCUT2D eigenvalue weighted by Crippen LogP contribution is -2.28. The van der Waals surface area contributed by atoms with Crippen LogP contribution in [-0.4, -0.2) is 43.4 Å². The minimum Gasteiger partial charge on any atom is -0.337 e. The van der Waals surface area contributed by atoms with Crippen molar-refractivity contribution >= 4 is 17.8 Å². The van der Waals surface area contributed by atoms with Crippen LogP contribution in [0.25, 0.3) is 0 Å². The molecule has 2 N–H and O–H groups in total. The van der Waals surface area contributed by atoms with Crippen LogP contribution in [0.3, 0.4) is 0 Å². The lowest BCUT2D eigenvalue weighted by Gasteiger charge is -2.16. The van der Waals surface area contributed by atoms with Gasteiger partial charge >= 0.3 is 0 Å². The maximum absolute atomic E-state index is 12.3. The van der Waals surface area contributed by atoms with Crippen molar-refractivity contribution in [1.29, 1.82) is 0 Å². The number of aromatic nitrogens is 4. The zero-order valence-corrected chi connectivity index (χ0v) is 13.5. The number of aromatic amines is 1. The Balaban J connectivity index is 1.57. The molecule has 3 heterocycles. The summed E-state index contributed by atoms with van der Waals surface area (Å²) in [5, 5.41) is 9.45. The highest BCUT2D eigenvalue weighted by molar-refractivity contribution is 5.96. The molecule has 1 aliphatic heterocycles. The quantitative estimate of drug-likeness (QED) is 0.827. The van der Waals surface area contributed by atoms with Gasteiger partial charge < -0.3 is 4.90 Å². The third kappa shape index (κ3) is 3.76. The number of rotatable bonds is 6. The van der Waals surface area contributed by atoms with E-state index in [0.29, 0.717) is 13.1 Å². The van der Waals surface area contributed by atoms with Gasteiger partial charge in [0, 0.05) is 38.3 Å². The van der Waals surface area contributed by atoms with Gasteiger partial charge in [-0.05, 0) is 18.1 Å². The van der Waals surface area contributed by atoms with Crippen LogP contribution in [0.15, 0.2) is 24.5 Å². The van der Waals surface area contributed by atoms with Crippen LogP contribution in [0.2, 0.25) is 0 Å². The van der Waals surface area contributed by atoms with Crippen LogP contribution in [0.4, 0.5) is 5.95 Å². The van der Waals surface area contributed by atoms with Gasteiger partial charge in [-0.15, -0.1) is 5.10 Å². The second kappa shape index (κ2) is 7.20. The number of anilines is 1. The van der Waals surface area contributed by atoms with E-state index in [9.17, 15) is 9.59 Å². The zero-order chi connectivity index (χ0) is 16.9. The lowest BCUT2D eigenvalue weighted by molar-refractivity contribution is -0.128. The van der Waals surface area contributed by atoms with E-state index in [1.807, 2.05) is 19.1 Å². The van der Waals surface area contributed by atoms with Crippen LogP contribution < -0.4 is 5.32 Å². The number of hydrogen-bond donors (Lipinski definition) is 2. The summed E-state index contributed by atoms with van der Waals surface area (Å²) >= 11 is 0. The molecule has 1 unspecified atom stereocenters. The Morgan fingerprint density at radius 2 is 2.38 bits per heavy atom. The lowest BCUT2D eigenvalue weighted by atomic mass is 10.1. The van der Waals surface area contributed by atoms with E-state index in [4.69, 9.17) is 0 Å². The number of pyridine rings is 1. The summed E-state index contributed by atoms with van der Waals surface area (Å²) in [4.78, 5) is 34.4. The highest BCUT2D eigenvalue weighted by Crippen LogP contribution is 2.21. The van der Waals surface area contributed by atoms with Gasteiger partial charge in [0.15, 0.2) is 0 Å². The first kappa shape index (κ1) is 16.1. The third-order valence-corrected chi connectivity index (χ3v) is 3.94. The highest BCUT2D eigenvalue weighted by Gasteiger charge is 2.34. The Labute approximate surface area is 139 Å². The van der Waals surface area contributed by atoms with Gasteiger partial charge in [-0.2, -0.15) is 4.98 Å². The van der Waals surface area contributed by atoms with E-state index in [1.165, 1.54) is 0 Å². The molecule has 8 nitrogen and oxygen atoms in total. The predicted molar refractivity (Wildman–Crippen MR) is 86.8 cm³/mol. The van der Waals surface area contributed by atoms with Gasteiger partial charge in [0.25, 0.3) is 0 Å². The Bertz CT molecular complexity index is 714. The second-order valence-electron chi connectivity index (χ2n) is 5.88. The topological polar surface area (TPSA) is 104 Å². The Hall–Kier alpha value is -2.77. The van der Waals surface area contributed by atoms with E-state index in [0.717, 1.165) is 24.2 Å². The van der Waals surface area contributed by atoms with Gasteiger partial charge in [-0.3, -0.25) is 25.0 Å². The Morgan fingerprint density at radius 1 is 1.50 bits per heavy atom. The third-order valence-electron chi connectivity index (χ3n) is 3.94. The van der Waals surface area contributed by atoms with Gasteiger partial charge in [-0.1, -0.05) is 13.0 Å². The average molecular weight is 328 g/mol. The van der Waals surface area contributed by atoms with Gasteiger partial charge in [0.05, 0.1) is 5.92 Å². The first-order valence-corrected chi connectivity index (χ1v) is 8.04. The molecule has 0 aromatic carbocycles. The normalized spacial score (nSPS) is 17.3. The summed E-state index contributed by atoms with van der Waals surface area (Å²) in [5.74, 6) is 0.372. The minimum absolute atomic E-state index is 0.0272. The number of amides is 2. The molecule has 24 heavy (non-hydrogen) atoms. The number of nitrogens with one attached hydrogen (secondary N) is 2. The van der Waals surface area contributed by atoms with E-state index in [2.05, 4.69) is 25.5 Å². The fourth-order valence-corrected chi connectivity index (χ4v) is 2.72. The van der Waals surface area contributed by atoms with E-state index < -0.39 is 0 Å². The summed E-state index contributed by atoms with van der Waals surface area (Å²) in [6.45, 7) is 2.91. The van der Waals surface area contributed by atoms with Crippen molar-refractivity contribution in [1.82, 2.24) is 25.1 Å². The number of nitrogens with zero attached hydrogens (tertiary/aromatic N) is 4. The van der Waals surface area contributed by atoms with Crippen LogP contribution in [0.5, 0.6) is 0 Å². The molecule has 2 aromatic heterocycles. The highest BCUT2D eigenvalue weighted by atomic mass is 16.2. The molecule has 2 aromatic rings. The molecule has 2 amide bonds. The van der Waals surface area contributed by atoms with Gasteiger partial charge in [0.2, 0.25) is 17.8 Å². The zero-order valence-electron chi connectivity index (χ0n) is 13.5. The van der Waals surface area contributed by atoms with Crippen molar-refractivity contribution in [2.24, 2.45) is 5.92 Å². The summed E-state index contributed by atoms with van der Waals surface area (Å²) in [7, 11) is 0. The number of carbonyl (C=O) groups excluding carboxylic acids is 2. The Morgan fingerprint density at radius 3 is 3.12 bits per heavy atom. The van der Waals surface area contributed by atoms with E-state index in [-0.39, 0.29) is 30.1 Å². The summed E-state index contributed by atoms with van der Waals surface area (Å²) in [6, 6.07) is 3.74. The molecule has 0 aliphatic carbocycles. The Kier molecular flexibility index (Phi) is 4.83. The maximum atomic E-state index is 12.3. The van der Waals surface area contributed by atoms with E-state index >= 15 is 0 Å². The van der Waals surface area contributed by atoms with Gasteiger partial charge in [0.1, 0.15) is 5.82 Å². The molecule has 8 heteroatoms. The fourth-order valence-electron chi connectivity index (χ4n) is 2.72. The molecular weight excluding hydrogens is 308 g/mol. The average Bonchev–Trinajstić information content (AvgIpc) is 3.16. The van der Waals surface area contributed by atoms with Crippen molar-refractivity contribution in [2.75, 3.05) is 11.9 Å². The maximum Gasteiger partial charge on any atom is 0.248 e. The van der Waals surface area contributed by atoms with Crippen molar-refractivity contribution in [3.05, 3.63) is 35.9 Å². The predicted octanol–water partition coefficient (Wildman–Crippen LogP) is 1.14. The summed E-state index contributed by atoms with van der Waals surface area (Å²) in [6.07, 6.45) is 5.35. The molecule has 1 fully saturated rings. The fraction of sp³-hybridized carbons (Fsp3) is 0.438. The standard InChI is InChI=1S/C16H20N6O2/c1-2-4-13-18-16(21-20-13)19-15(24)12-7-14(23)22(10-12)9-11-5-3-6-17-8-11/h3,5-6,8,12H,2,4,7,9-10H2,1H3,(H2,18,19,20,21,24). The monoisotopic (exact) mass is 328 g/mol. The van der Waals surface area contributed by atoms with Crippen molar-refractivity contribution < 1.29 is 9.59 Å². The molecule has 0 saturated carbocycles. The molecule has 0 radical (unpaired) electrons. The smallest absolute Gasteiger partial charge is 0.248 e. The van der Waals surface area contributed by atoms with Crippen LogP contribution in [0.1, 0.15) is 31.2 Å². The van der Waals surface area contributed by atoms with Crippen LogP contribution >= 0.6 is 0 Å². The molecule has 0 bridgehead atoms. The van der Waals surface area contributed by atoms with E-state index in [1.54, 1.807) is 17.3 Å². The van der Waals surface area contributed by atoms with Crippen molar-refractivity contribution in [3.8, 4) is 0 Å². The van der Waals surface area contributed by atoms with Crippen molar-refractivity contribution in [2.45, 2.75) is 32.7 Å². The first-order chi connectivity index (χ1) is 11.7. The summed E-state index contributed by atoms with van der Waals surface area (Å²) in [5.41, 5.74) is 0.949. The number of aryl methyl sites for hydroxylation is 1. The number of hydrogen-bond acceptors (Lipinski definition) is 5. The molecule has 1 atom stereocenters. The number of likely N-dealkylation sites (tertiary alicyclic amines) is 1. The number of H-pyrrole nitrogens is 1.